The van der Waals surface area contributed by atoms with Crippen LogP contribution in [0.2, 0.25) is 9.36 Å². The number of hydrogen-bond acceptors (Lipinski definition) is 2. The van der Waals surface area contributed by atoms with Gasteiger partial charge in [0.1, 0.15) is 12.5 Å². The van der Waals surface area contributed by atoms with Gasteiger partial charge in [-0.2, -0.15) is 0 Å². The first-order valence-corrected chi connectivity index (χ1v) is 4.82. The lowest BCUT2D eigenvalue weighted by Crippen LogP contribution is -1.63. The van der Waals surface area contributed by atoms with Gasteiger partial charge in [-0.25, -0.2) is 0 Å². The van der Waals surface area contributed by atoms with Crippen molar-refractivity contribution in [2.45, 2.75) is 0 Å². The first-order valence-electron chi connectivity index (χ1n) is 3.25. The zero-order valence-electron chi connectivity index (χ0n) is 5.88. The fourth-order valence-electron chi connectivity index (χ4n) is 0.916. The lowest BCUT2D eigenvalue weighted by molar-refractivity contribution is 0.568. The Morgan fingerprint density at radius 3 is 2.50 bits per heavy atom. The van der Waals surface area contributed by atoms with E-state index in [0.717, 1.165) is 14.8 Å². The third-order valence-corrected chi connectivity index (χ3v) is 3.01. The van der Waals surface area contributed by atoms with Crippen LogP contribution in [0.3, 0.4) is 0 Å². The second kappa shape index (κ2) is 3.13. The molecule has 0 spiro atoms. The van der Waals surface area contributed by atoms with E-state index in [1.165, 1.54) is 17.6 Å². The summed E-state index contributed by atoms with van der Waals surface area (Å²) in [5.41, 5.74) is 0.897. The number of thiophene rings is 1. The molecule has 1 nitrogen and oxygen atoms in total. The van der Waals surface area contributed by atoms with Crippen molar-refractivity contribution in [1.82, 2.24) is 0 Å². The van der Waals surface area contributed by atoms with Gasteiger partial charge >= 0.3 is 0 Å². The Kier molecular flexibility index (Phi) is 2.13. The largest absolute Gasteiger partial charge is 0.470 e. The SMILES string of the molecule is Clc1ccc(-c2cocc2Cl)s1. The molecule has 0 radical (unpaired) electrons. The molecule has 0 aromatic carbocycles. The summed E-state index contributed by atoms with van der Waals surface area (Å²) in [5, 5.41) is 0.619. The average Bonchev–Trinajstić information content (AvgIpc) is 2.58. The summed E-state index contributed by atoms with van der Waals surface area (Å²) >= 11 is 13.1. The van der Waals surface area contributed by atoms with Gasteiger partial charge in [-0.15, -0.1) is 11.3 Å². The molecule has 0 aliphatic heterocycles. The number of hydrogen-bond donors (Lipinski definition) is 0. The molecule has 0 saturated carbocycles. The number of rotatable bonds is 1. The highest BCUT2D eigenvalue weighted by molar-refractivity contribution is 7.19. The maximum Gasteiger partial charge on any atom is 0.110 e. The van der Waals surface area contributed by atoms with E-state index in [-0.39, 0.29) is 0 Å². The van der Waals surface area contributed by atoms with Crippen LogP contribution in [0.15, 0.2) is 29.1 Å². The molecule has 0 N–H and O–H groups in total. The van der Waals surface area contributed by atoms with Gasteiger partial charge in [-0.05, 0) is 12.1 Å². The maximum absolute atomic E-state index is 5.85. The molecule has 62 valence electrons. The molecule has 2 aromatic heterocycles. The summed E-state index contributed by atoms with van der Waals surface area (Å²) in [6.07, 6.45) is 3.12. The Bertz CT molecular complexity index is 391. The van der Waals surface area contributed by atoms with Gasteiger partial charge in [0.25, 0.3) is 0 Å². The van der Waals surface area contributed by atoms with Crippen LogP contribution in [-0.4, -0.2) is 0 Å². The van der Waals surface area contributed by atoms with E-state index in [2.05, 4.69) is 0 Å². The lowest BCUT2D eigenvalue weighted by Gasteiger charge is -1.88. The first-order chi connectivity index (χ1) is 5.77. The highest BCUT2D eigenvalue weighted by Crippen LogP contribution is 2.35. The van der Waals surface area contributed by atoms with Crippen LogP contribution in [0, 0.1) is 0 Å². The molecule has 0 aliphatic rings. The van der Waals surface area contributed by atoms with E-state index in [4.69, 9.17) is 27.6 Å². The zero-order valence-corrected chi connectivity index (χ0v) is 8.21. The van der Waals surface area contributed by atoms with Gasteiger partial charge < -0.3 is 4.42 Å². The van der Waals surface area contributed by atoms with Gasteiger partial charge in [-0.3, -0.25) is 0 Å². The van der Waals surface area contributed by atoms with Gasteiger partial charge in [-0.1, -0.05) is 23.2 Å². The van der Waals surface area contributed by atoms with Crippen LogP contribution in [0.5, 0.6) is 0 Å². The highest BCUT2D eigenvalue weighted by atomic mass is 35.5. The standard InChI is InChI=1S/C8H4Cl2OS/c9-6-4-11-3-5(6)7-1-2-8(10)12-7/h1-4H. The van der Waals surface area contributed by atoms with Crippen molar-refractivity contribution in [3.8, 4) is 10.4 Å². The maximum atomic E-state index is 5.85. The van der Waals surface area contributed by atoms with Crippen molar-refractivity contribution in [3.05, 3.63) is 34.0 Å². The molecule has 2 aromatic rings. The third kappa shape index (κ3) is 1.38. The normalized spacial score (nSPS) is 10.5. The van der Waals surface area contributed by atoms with Gasteiger partial charge in [0.05, 0.1) is 9.36 Å². The molecule has 0 bridgehead atoms. The molecule has 0 unspecified atom stereocenters. The Morgan fingerprint density at radius 1 is 1.17 bits per heavy atom. The fourth-order valence-corrected chi connectivity index (χ4v) is 2.23. The molecule has 0 aliphatic carbocycles. The summed E-state index contributed by atoms with van der Waals surface area (Å²) in [5.74, 6) is 0. The summed E-state index contributed by atoms with van der Waals surface area (Å²) in [4.78, 5) is 1.03. The van der Waals surface area contributed by atoms with Crippen molar-refractivity contribution in [2.75, 3.05) is 0 Å². The van der Waals surface area contributed by atoms with Gasteiger partial charge in [0.15, 0.2) is 0 Å². The predicted molar refractivity (Wildman–Crippen MR) is 52.0 cm³/mol. The topological polar surface area (TPSA) is 13.1 Å². The molecule has 2 rings (SSSR count). The Morgan fingerprint density at radius 2 is 2.00 bits per heavy atom. The van der Waals surface area contributed by atoms with Crippen molar-refractivity contribution in [3.63, 3.8) is 0 Å². The lowest BCUT2D eigenvalue weighted by atomic mass is 10.3. The van der Waals surface area contributed by atoms with Crippen LogP contribution in [0.1, 0.15) is 0 Å². The number of furan rings is 1. The minimum absolute atomic E-state index is 0.619. The van der Waals surface area contributed by atoms with E-state index >= 15 is 0 Å². The van der Waals surface area contributed by atoms with Crippen molar-refractivity contribution >= 4 is 34.5 Å². The average molecular weight is 219 g/mol. The Balaban J connectivity index is 2.50. The molecular weight excluding hydrogens is 215 g/mol. The molecular formula is C8H4Cl2OS. The third-order valence-electron chi connectivity index (χ3n) is 1.45. The van der Waals surface area contributed by atoms with E-state index in [9.17, 15) is 0 Å². The van der Waals surface area contributed by atoms with E-state index in [1.54, 1.807) is 6.26 Å². The quantitative estimate of drug-likeness (QED) is 0.696. The fraction of sp³-hybridized carbons (Fsp3) is 0. The zero-order chi connectivity index (χ0) is 8.55. The molecule has 4 heteroatoms. The van der Waals surface area contributed by atoms with Crippen LogP contribution >= 0.6 is 34.5 Å². The molecule has 2 heterocycles. The smallest absolute Gasteiger partial charge is 0.110 e. The Hall–Kier alpha value is -0.440. The summed E-state index contributed by atoms with van der Waals surface area (Å²) in [6, 6.07) is 3.76. The first kappa shape index (κ1) is 8.17. The summed E-state index contributed by atoms with van der Waals surface area (Å²) in [6.45, 7) is 0. The summed E-state index contributed by atoms with van der Waals surface area (Å²) < 4.78 is 5.69. The van der Waals surface area contributed by atoms with Crippen LogP contribution in [-0.2, 0) is 0 Å². The Labute approximate surface area is 83.5 Å². The van der Waals surface area contributed by atoms with Crippen molar-refractivity contribution in [2.24, 2.45) is 0 Å². The van der Waals surface area contributed by atoms with Gasteiger partial charge in [0.2, 0.25) is 0 Å². The second-order valence-corrected chi connectivity index (χ2v) is 4.36. The molecule has 12 heavy (non-hydrogen) atoms. The minimum Gasteiger partial charge on any atom is -0.470 e. The molecule has 0 atom stereocenters. The minimum atomic E-state index is 0.619. The van der Waals surface area contributed by atoms with E-state index in [0.29, 0.717) is 5.02 Å². The predicted octanol–water partition coefficient (Wildman–Crippen LogP) is 4.31. The van der Waals surface area contributed by atoms with Gasteiger partial charge in [0, 0.05) is 10.4 Å². The monoisotopic (exact) mass is 218 g/mol. The highest BCUT2D eigenvalue weighted by Gasteiger charge is 2.07. The van der Waals surface area contributed by atoms with Crippen molar-refractivity contribution < 1.29 is 4.42 Å². The summed E-state index contributed by atoms with van der Waals surface area (Å²) in [7, 11) is 0. The van der Waals surface area contributed by atoms with Crippen LogP contribution < -0.4 is 0 Å². The molecule has 0 saturated heterocycles. The van der Waals surface area contributed by atoms with Crippen LogP contribution in [0.25, 0.3) is 10.4 Å². The second-order valence-electron chi connectivity index (χ2n) is 2.24. The molecule has 0 fully saturated rings. The van der Waals surface area contributed by atoms with E-state index in [1.807, 2.05) is 12.1 Å². The number of halogens is 2. The van der Waals surface area contributed by atoms with E-state index < -0.39 is 0 Å². The van der Waals surface area contributed by atoms with Crippen molar-refractivity contribution in [1.29, 1.82) is 0 Å². The molecule has 0 amide bonds. The van der Waals surface area contributed by atoms with Crippen LogP contribution in [0.4, 0.5) is 0 Å².